The summed E-state index contributed by atoms with van der Waals surface area (Å²) >= 11 is 0. The van der Waals surface area contributed by atoms with Crippen LogP contribution in [0.5, 0.6) is 0 Å². The number of aliphatic hydroxyl groups is 1. The Hall–Kier alpha value is -1.43. The number of hydrogen-bond donors (Lipinski definition) is 4. The van der Waals surface area contributed by atoms with E-state index < -0.39 is 18.1 Å². The van der Waals surface area contributed by atoms with Gasteiger partial charge in [0.15, 0.2) is 0 Å². The highest BCUT2D eigenvalue weighted by molar-refractivity contribution is 5.80. The lowest BCUT2D eigenvalue weighted by molar-refractivity contribution is -0.138. The number of nitrogens with two attached hydrogens (primary N) is 1. The summed E-state index contributed by atoms with van der Waals surface area (Å²) in [6, 6.07) is 8.53. The Morgan fingerprint density at radius 2 is 2.00 bits per heavy atom. The lowest BCUT2D eigenvalue weighted by Gasteiger charge is -2.16. The smallest absolute Gasteiger partial charge is 0.273 e. The van der Waals surface area contributed by atoms with Crippen LogP contribution in [0.2, 0.25) is 0 Å². The molecule has 5 heteroatoms. The maximum atomic E-state index is 10.9. The Kier molecular flexibility index (Phi) is 4.23. The van der Waals surface area contributed by atoms with E-state index in [0.717, 1.165) is 5.56 Å². The van der Waals surface area contributed by atoms with Crippen LogP contribution in [0, 0.1) is 0 Å². The molecule has 2 unspecified atom stereocenters. The monoisotopic (exact) mass is 210 g/mol. The number of amides is 1. The molecule has 82 valence electrons. The molecule has 0 aromatic heterocycles. The highest BCUT2D eigenvalue weighted by Gasteiger charge is 2.22. The van der Waals surface area contributed by atoms with Crippen LogP contribution in [0.25, 0.3) is 0 Å². The summed E-state index contributed by atoms with van der Waals surface area (Å²) in [5.74, 6) is -0.890. The average Bonchev–Trinajstić information content (AvgIpc) is 2.28. The van der Waals surface area contributed by atoms with Crippen molar-refractivity contribution in [2.45, 2.75) is 18.6 Å². The van der Waals surface area contributed by atoms with E-state index in [0.29, 0.717) is 6.42 Å². The number of nitrogens with one attached hydrogen (secondary N) is 1. The molecule has 0 fully saturated rings. The zero-order valence-electron chi connectivity index (χ0n) is 8.13. The van der Waals surface area contributed by atoms with E-state index in [2.05, 4.69) is 0 Å². The Labute approximate surface area is 87.5 Å². The second kappa shape index (κ2) is 5.45. The second-order valence-corrected chi connectivity index (χ2v) is 3.27. The van der Waals surface area contributed by atoms with Crippen LogP contribution in [0.1, 0.15) is 5.56 Å². The van der Waals surface area contributed by atoms with Crippen molar-refractivity contribution in [3.05, 3.63) is 35.9 Å². The molecule has 1 rings (SSSR count). The van der Waals surface area contributed by atoms with E-state index in [1.165, 1.54) is 5.48 Å². The Balaban J connectivity index is 2.56. The quantitative estimate of drug-likeness (QED) is 0.395. The second-order valence-electron chi connectivity index (χ2n) is 3.27. The Morgan fingerprint density at radius 1 is 1.40 bits per heavy atom. The molecule has 2 atom stereocenters. The van der Waals surface area contributed by atoms with Crippen molar-refractivity contribution < 1.29 is 15.1 Å². The predicted octanol–water partition coefficient (Wildman–Crippen LogP) is -0.577. The van der Waals surface area contributed by atoms with Gasteiger partial charge in [-0.2, -0.15) is 0 Å². The van der Waals surface area contributed by atoms with Gasteiger partial charge < -0.3 is 10.8 Å². The molecule has 5 N–H and O–H groups in total. The fourth-order valence-corrected chi connectivity index (χ4v) is 1.26. The molecule has 1 aromatic rings. The van der Waals surface area contributed by atoms with Gasteiger partial charge in [0.1, 0.15) is 6.10 Å². The topological polar surface area (TPSA) is 95.6 Å². The van der Waals surface area contributed by atoms with Gasteiger partial charge in [-0.3, -0.25) is 10.0 Å². The van der Waals surface area contributed by atoms with Crippen LogP contribution < -0.4 is 11.2 Å². The van der Waals surface area contributed by atoms with Gasteiger partial charge in [-0.15, -0.1) is 0 Å². The predicted molar refractivity (Wildman–Crippen MR) is 54.1 cm³/mol. The Bertz CT molecular complexity index is 316. The zero-order chi connectivity index (χ0) is 11.3. The summed E-state index contributed by atoms with van der Waals surface area (Å²) in [5, 5.41) is 17.7. The standard InChI is InChI=1S/C10H14N2O3/c11-8(9(13)10(14)12-15)6-7-4-2-1-3-5-7/h1-5,8-9,13,15H,6,11H2,(H,12,14). The van der Waals surface area contributed by atoms with E-state index >= 15 is 0 Å². The first kappa shape index (κ1) is 11.6. The van der Waals surface area contributed by atoms with Gasteiger partial charge in [0.2, 0.25) is 0 Å². The minimum Gasteiger partial charge on any atom is -0.382 e. The summed E-state index contributed by atoms with van der Waals surface area (Å²) in [7, 11) is 0. The molecule has 1 aromatic carbocycles. The molecular formula is C10H14N2O3. The average molecular weight is 210 g/mol. The van der Waals surface area contributed by atoms with Gasteiger partial charge in [0.05, 0.1) is 0 Å². The zero-order valence-corrected chi connectivity index (χ0v) is 8.13. The maximum absolute atomic E-state index is 10.9. The fourth-order valence-electron chi connectivity index (χ4n) is 1.26. The van der Waals surface area contributed by atoms with Gasteiger partial charge in [0, 0.05) is 6.04 Å². The minimum atomic E-state index is -1.41. The third-order valence-electron chi connectivity index (χ3n) is 2.10. The third kappa shape index (κ3) is 3.32. The molecule has 0 saturated heterocycles. The molecule has 0 radical (unpaired) electrons. The molecule has 15 heavy (non-hydrogen) atoms. The third-order valence-corrected chi connectivity index (χ3v) is 2.10. The lowest BCUT2D eigenvalue weighted by Crippen LogP contribution is -2.46. The van der Waals surface area contributed by atoms with Crippen LogP contribution in [-0.4, -0.2) is 28.4 Å². The highest BCUT2D eigenvalue weighted by atomic mass is 16.5. The number of carbonyl (C=O) groups is 1. The van der Waals surface area contributed by atoms with Gasteiger partial charge in [0.25, 0.3) is 5.91 Å². The molecule has 0 spiro atoms. The van der Waals surface area contributed by atoms with Crippen LogP contribution in [0.4, 0.5) is 0 Å². The van der Waals surface area contributed by atoms with E-state index in [9.17, 15) is 9.90 Å². The lowest BCUT2D eigenvalue weighted by atomic mass is 10.0. The van der Waals surface area contributed by atoms with Crippen molar-refractivity contribution in [1.82, 2.24) is 5.48 Å². The van der Waals surface area contributed by atoms with Crippen LogP contribution >= 0.6 is 0 Å². The number of aliphatic hydroxyl groups excluding tert-OH is 1. The molecule has 0 aliphatic rings. The highest BCUT2D eigenvalue weighted by Crippen LogP contribution is 2.04. The van der Waals surface area contributed by atoms with Crippen molar-refractivity contribution in [3.63, 3.8) is 0 Å². The summed E-state index contributed by atoms with van der Waals surface area (Å²) in [4.78, 5) is 10.9. The molecule has 0 aliphatic carbocycles. The van der Waals surface area contributed by atoms with Gasteiger partial charge >= 0.3 is 0 Å². The van der Waals surface area contributed by atoms with Crippen LogP contribution in [0.3, 0.4) is 0 Å². The normalized spacial score (nSPS) is 14.3. The van der Waals surface area contributed by atoms with E-state index in [1.54, 1.807) is 0 Å². The van der Waals surface area contributed by atoms with Gasteiger partial charge in [-0.05, 0) is 12.0 Å². The van der Waals surface area contributed by atoms with E-state index in [4.69, 9.17) is 10.9 Å². The van der Waals surface area contributed by atoms with Gasteiger partial charge in [-0.1, -0.05) is 30.3 Å². The first-order chi connectivity index (χ1) is 7.15. The van der Waals surface area contributed by atoms with Crippen molar-refractivity contribution in [2.75, 3.05) is 0 Å². The molecule has 0 heterocycles. The first-order valence-corrected chi connectivity index (χ1v) is 4.56. The maximum Gasteiger partial charge on any atom is 0.273 e. The SMILES string of the molecule is NC(Cc1ccccc1)C(O)C(=O)NO. The molecule has 0 aliphatic heterocycles. The number of rotatable bonds is 4. The largest absolute Gasteiger partial charge is 0.382 e. The number of hydroxylamine groups is 1. The van der Waals surface area contributed by atoms with Crippen molar-refractivity contribution >= 4 is 5.91 Å². The van der Waals surface area contributed by atoms with Gasteiger partial charge in [-0.25, -0.2) is 5.48 Å². The Morgan fingerprint density at radius 3 is 2.53 bits per heavy atom. The summed E-state index contributed by atoms with van der Waals surface area (Å²) in [5.41, 5.74) is 7.89. The minimum absolute atomic E-state index is 0.370. The molecule has 5 nitrogen and oxygen atoms in total. The van der Waals surface area contributed by atoms with E-state index in [1.807, 2.05) is 30.3 Å². The van der Waals surface area contributed by atoms with Crippen LogP contribution in [-0.2, 0) is 11.2 Å². The first-order valence-electron chi connectivity index (χ1n) is 4.56. The van der Waals surface area contributed by atoms with Crippen molar-refractivity contribution in [3.8, 4) is 0 Å². The molecule has 0 saturated carbocycles. The van der Waals surface area contributed by atoms with Crippen LogP contribution in [0.15, 0.2) is 30.3 Å². The van der Waals surface area contributed by atoms with Crippen molar-refractivity contribution in [1.29, 1.82) is 0 Å². The van der Waals surface area contributed by atoms with E-state index in [-0.39, 0.29) is 0 Å². The summed E-state index contributed by atoms with van der Waals surface area (Å²) in [6.45, 7) is 0. The molecule has 0 bridgehead atoms. The number of carbonyl (C=O) groups excluding carboxylic acids is 1. The molecule has 1 amide bonds. The number of hydrogen-bond acceptors (Lipinski definition) is 4. The summed E-state index contributed by atoms with van der Waals surface area (Å²) < 4.78 is 0. The number of benzene rings is 1. The van der Waals surface area contributed by atoms with Crippen molar-refractivity contribution in [2.24, 2.45) is 5.73 Å². The fraction of sp³-hybridized carbons (Fsp3) is 0.300. The summed E-state index contributed by atoms with van der Waals surface area (Å²) in [6.07, 6.45) is -1.04. The molecular weight excluding hydrogens is 196 g/mol.